The quantitative estimate of drug-likeness (QED) is 0.837. The number of halogens is 1. The monoisotopic (exact) mass is 394 g/mol. The Morgan fingerprint density at radius 1 is 1.12 bits per heavy atom. The maximum atomic E-state index is 12.2. The second-order valence-corrected chi connectivity index (χ2v) is 9.49. The van der Waals surface area contributed by atoms with Crippen molar-refractivity contribution in [3.63, 3.8) is 0 Å². The van der Waals surface area contributed by atoms with Crippen molar-refractivity contribution >= 4 is 33.2 Å². The van der Waals surface area contributed by atoms with Crippen molar-refractivity contribution in [1.29, 1.82) is 0 Å². The molecule has 0 fully saturated rings. The first-order chi connectivity index (χ1) is 12.0. The predicted molar refractivity (Wildman–Crippen MR) is 106 cm³/mol. The Morgan fingerprint density at radius 3 is 2.23 bits per heavy atom. The highest BCUT2D eigenvalue weighted by Gasteiger charge is 2.19. The summed E-state index contributed by atoms with van der Waals surface area (Å²) in [5.41, 5.74) is 1.46. The summed E-state index contributed by atoms with van der Waals surface area (Å²) in [5, 5.41) is 3.36. The summed E-state index contributed by atoms with van der Waals surface area (Å²) < 4.78 is 25.7. The van der Waals surface area contributed by atoms with Crippen molar-refractivity contribution in [2.24, 2.45) is 0 Å². The fourth-order valence-electron chi connectivity index (χ4n) is 2.37. The molecule has 0 unspecified atom stereocenters. The Morgan fingerprint density at radius 2 is 1.73 bits per heavy atom. The molecule has 0 atom stereocenters. The van der Waals surface area contributed by atoms with Crippen LogP contribution in [0.2, 0.25) is 5.02 Å². The number of sulfonamides is 1. The number of carbonyl (C=O) groups is 1. The minimum atomic E-state index is -3.49. The highest BCUT2D eigenvalue weighted by molar-refractivity contribution is 7.92. The number of amides is 1. The van der Waals surface area contributed by atoms with Crippen molar-refractivity contribution < 1.29 is 13.2 Å². The smallest absolute Gasteiger partial charge is 0.251 e. The fraction of sp³-hybridized carbons (Fsp3) is 0.316. The molecular formula is C19H23ClN2O3S. The van der Waals surface area contributed by atoms with Gasteiger partial charge in [0.25, 0.3) is 5.91 Å². The summed E-state index contributed by atoms with van der Waals surface area (Å²) in [5.74, 6) is -0.168. The molecule has 0 aliphatic heterocycles. The standard InChI is InChI=1S/C19H23ClN2O3S/c1-19(2,3)21-18(23)15-10-8-14(9-11-15)13-22(26(4,24)25)17-7-5-6-16(20)12-17/h5-12H,13H2,1-4H3,(H,21,23). The summed E-state index contributed by atoms with van der Waals surface area (Å²) in [4.78, 5) is 12.2. The van der Waals surface area contributed by atoms with E-state index in [0.29, 0.717) is 16.3 Å². The van der Waals surface area contributed by atoms with Crippen molar-refractivity contribution in [1.82, 2.24) is 5.32 Å². The molecule has 0 saturated carbocycles. The first-order valence-electron chi connectivity index (χ1n) is 8.10. The van der Waals surface area contributed by atoms with Crippen molar-refractivity contribution in [3.8, 4) is 0 Å². The number of benzene rings is 2. The van der Waals surface area contributed by atoms with Crippen LogP contribution in [-0.2, 0) is 16.6 Å². The van der Waals surface area contributed by atoms with Gasteiger partial charge < -0.3 is 5.32 Å². The van der Waals surface area contributed by atoms with Gasteiger partial charge in [0, 0.05) is 16.1 Å². The van der Waals surface area contributed by atoms with E-state index in [-0.39, 0.29) is 18.0 Å². The largest absolute Gasteiger partial charge is 0.347 e. The van der Waals surface area contributed by atoms with Crippen molar-refractivity contribution in [3.05, 3.63) is 64.7 Å². The van der Waals surface area contributed by atoms with Gasteiger partial charge in [0.1, 0.15) is 0 Å². The van der Waals surface area contributed by atoms with Crippen LogP contribution in [0.4, 0.5) is 5.69 Å². The maximum Gasteiger partial charge on any atom is 0.251 e. The average molecular weight is 395 g/mol. The molecule has 0 aliphatic rings. The Bertz CT molecular complexity index is 888. The Hall–Kier alpha value is -2.05. The SMILES string of the molecule is CC(C)(C)NC(=O)c1ccc(CN(c2cccc(Cl)c2)S(C)(=O)=O)cc1. The van der Waals surface area contributed by atoms with Crippen LogP contribution in [0.25, 0.3) is 0 Å². The number of nitrogens with one attached hydrogen (secondary N) is 1. The molecule has 0 radical (unpaired) electrons. The van der Waals surface area contributed by atoms with Gasteiger partial charge in [-0.3, -0.25) is 9.10 Å². The summed E-state index contributed by atoms with van der Waals surface area (Å²) in [7, 11) is -3.49. The molecule has 2 rings (SSSR count). The third-order valence-corrected chi connectivity index (χ3v) is 4.90. The number of hydrogen-bond donors (Lipinski definition) is 1. The van der Waals surface area contributed by atoms with E-state index in [1.807, 2.05) is 20.8 Å². The number of anilines is 1. The molecule has 1 N–H and O–H groups in total. The van der Waals surface area contributed by atoms with Crippen LogP contribution < -0.4 is 9.62 Å². The van der Waals surface area contributed by atoms with Crippen LogP contribution in [0, 0.1) is 0 Å². The third kappa shape index (κ3) is 5.75. The minimum Gasteiger partial charge on any atom is -0.347 e. The summed E-state index contributed by atoms with van der Waals surface area (Å²) >= 11 is 5.98. The van der Waals surface area contributed by atoms with Gasteiger partial charge in [-0.15, -0.1) is 0 Å². The van der Waals surface area contributed by atoms with E-state index in [4.69, 9.17) is 11.6 Å². The lowest BCUT2D eigenvalue weighted by Crippen LogP contribution is -2.40. The Balaban J connectivity index is 2.23. The number of rotatable bonds is 5. The lowest BCUT2D eigenvalue weighted by Gasteiger charge is -2.23. The summed E-state index contributed by atoms with van der Waals surface area (Å²) in [6, 6.07) is 13.6. The predicted octanol–water partition coefficient (Wildman–Crippen LogP) is 3.83. The molecule has 0 aliphatic carbocycles. The van der Waals surface area contributed by atoms with E-state index in [9.17, 15) is 13.2 Å². The van der Waals surface area contributed by atoms with Gasteiger partial charge >= 0.3 is 0 Å². The molecule has 0 spiro atoms. The molecule has 2 aromatic carbocycles. The highest BCUT2D eigenvalue weighted by Crippen LogP contribution is 2.24. The van der Waals surface area contributed by atoms with Crippen LogP contribution in [0.3, 0.4) is 0 Å². The first-order valence-corrected chi connectivity index (χ1v) is 10.3. The summed E-state index contributed by atoms with van der Waals surface area (Å²) in [6.45, 7) is 5.89. The second kappa shape index (κ2) is 7.68. The van der Waals surface area contributed by atoms with E-state index >= 15 is 0 Å². The second-order valence-electron chi connectivity index (χ2n) is 7.15. The highest BCUT2D eigenvalue weighted by atomic mass is 35.5. The maximum absolute atomic E-state index is 12.2. The molecule has 2 aromatic rings. The van der Waals surface area contributed by atoms with E-state index in [0.717, 1.165) is 11.8 Å². The molecule has 0 bridgehead atoms. The van der Waals surface area contributed by atoms with Crippen LogP contribution >= 0.6 is 11.6 Å². The van der Waals surface area contributed by atoms with Crippen LogP contribution in [0.1, 0.15) is 36.7 Å². The molecular weight excluding hydrogens is 372 g/mol. The van der Waals surface area contributed by atoms with Gasteiger partial charge in [-0.2, -0.15) is 0 Å². The van der Waals surface area contributed by atoms with E-state index in [1.54, 1.807) is 48.5 Å². The van der Waals surface area contributed by atoms with Crippen LogP contribution in [0.15, 0.2) is 48.5 Å². The lowest BCUT2D eigenvalue weighted by molar-refractivity contribution is 0.0919. The van der Waals surface area contributed by atoms with Gasteiger partial charge in [0.05, 0.1) is 18.5 Å². The fourth-order valence-corrected chi connectivity index (χ4v) is 3.44. The van der Waals surface area contributed by atoms with E-state index in [2.05, 4.69) is 5.32 Å². The average Bonchev–Trinajstić information content (AvgIpc) is 2.50. The summed E-state index contributed by atoms with van der Waals surface area (Å²) in [6.07, 6.45) is 1.15. The zero-order chi connectivity index (χ0) is 19.5. The minimum absolute atomic E-state index is 0.153. The van der Waals surface area contributed by atoms with Gasteiger partial charge in [0.2, 0.25) is 10.0 Å². The molecule has 5 nitrogen and oxygen atoms in total. The van der Waals surface area contributed by atoms with Gasteiger partial charge in [0.15, 0.2) is 0 Å². The Labute approximate surface area is 160 Å². The van der Waals surface area contributed by atoms with Crippen molar-refractivity contribution in [2.45, 2.75) is 32.9 Å². The third-order valence-electron chi connectivity index (χ3n) is 3.53. The molecule has 26 heavy (non-hydrogen) atoms. The molecule has 1 amide bonds. The normalized spacial score (nSPS) is 11.9. The van der Waals surface area contributed by atoms with Gasteiger partial charge in [-0.1, -0.05) is 29.8 Å². The van der Waals surface area contributed by atoms with E-state index in [1.165, 1.54) is 4.31 Å². The lowest BCUT2D eigenvalue weighted by atomic mass is 10.1. The van der Waals surface area contributed by atoms with Gasteiger partial charge in [-0.05, 0) is 56.7 Å². The Kier molecular flexibility index (Phi) is 5.98. The number of hydrogen-bond acceptors (Lipinski definition) is 3. The van der Waals surface area contributed by atoms with E-state index < -0.39 is 10.0 Å². The topological polar surface area (TPSA) is 66.5 Å². The molecule has 0 aromatic heterocycles. The first kappa shape index (κ1) is 20.3. The number of nitrogens with zero attached hydrogens (tertiary/aromatic N) is 1. The zero-order valence-corrected chi connectivity index (χ0v) is 16.9. The molecule has 0 heterocycles. The molecule has 7 heteroatoms. The molecule has 0 saturated heterocycles. The zero-order valence-electron chi connectivity index (χ0n) is 15.3. The van der Waals surface area contributed by atoms with Crippen molar-refractivity contribution in [2.75, 3.05) is 10.6 Å². The van der Waals surface area contributed by atoms with Gasteiger partial charge in [-0.25, -0.2) is 8.42 Å². The number of carbonyl (C=O) groups excluding carboxylic acids is 1. The van der Waals surface area contributed by atoms with Crippen LogP contribution in [-0.4, -0.2) is 26.1 Å². The molecule has 140 valence electrons. The van der Waals surface area contributed by atoms with Crippen LogP contribution in [0.5, 0.6) is 0 Å².